The van der Waals surface area contributed by atoms with Gasteiger partial charge in [0.05, 0.1) is 11.6 Å². The molecule has 1 unspecified atom stereocenters. The van der Waals surface area contributed by atoms with Gasteiger partial charge in [0, 0.05) is 8.95 Å². The van der Waals surface area contributed by atoms with Gasteiger partial charge in [-0.1, -0.05) is 85.6 Å². The maximum atomic E-state index is 4.42. The molecule has 26 heavy (non-hydrogen) atoms. The number of rotatable bonds is 4. The van der Waals surface area contributed by atoms with Crippen molar-refractivity contribution < 1.29 is 0 Å². The van der Waals surface area contributed by atoms with E-state index in [0.29, 0.717) is 0 Å². The van der Waals surface area contributed by atoms with E-state index in [1.807, 2.05) is 35.0 Å². The minimum absolute atomic E-state index is 0.0425. The lowest BCUT2D eigenvalue weighted by Crippen LogP contribution is -2.10. The Balaban J connectivity index is 1.79. The van der Waals surface area contributed by atoms with Crippen LogP contribution >= 0.6 is 31.9 Å². The monoisotopic (exact) mass is 467 g/mol. The Morgan fingerprint density at radius 3 is 2.19 bits per heavy atom. The molecule has 5 heteroatoms. The Morgan fingerprint density at radius 1 is 0.808 bits per heavy atom. The average Bonchev–Trinajstić information content (AvgIpc) is 3.09. The summed E-state index contributed by atoms with van der Waals surface area (Å²) in [5.74, 6) is 0. The molecule has 0 N–H and O–H groups in total. The van der Waals surface area contributed by atoms with E-state index >= 15 is 0 Å². The summed E-state index contributed by atoms with van der Waals surface area (Å²) in [6, 6.07) is 24.5. The molecule has 0 radical (unpaired) electrons. The molecule has 1 heterocycles. The van der Waals surface area contributed by atoms with Crippen molar-refractivity contribution >= 4 is 49.0 Å². The molecule has 0 amide bonds. The maximum absolute atomic E-state index is 4.42. The van der Waals surface area contributed by atoms with E-state index in [2.05, 4.69) is 96.8 Å². The number of aromatic nitrogens is 3. The molecule has 0 spiro atoms. The average molecular weight is 469 g/mol. The highest BCUT2D eigenvalue weighted by Gasteiger charge is 2.15. The lowest BCUT2D eigenvalue weighted by molar-refractivity contribution is 0.605. The summed E-state index contributed by atoms with van der Waals surface area (Å²) in [4.78, 5) is 0. The fraction of sp³-hybridized carbons (Fsp3) is 0.0476. The summed E-state index contributed by atoms with van der Waals surface area (Å²) >= 11 is 6.99. The molecule has 0 saturated heterocycles. The number of fused-ring (bicyclic) bond motifs is 1. The zero-order valence-electron chi connectivity index (χ0n) is 13.8. The van der Waals surface area contributed by atoms with Gasteiger partial charge in [0.25, 0.3) is 0 Å². The van der Waals surface area contributed by atoms with Crippen molar-refractivity contribution in [3.05, 3.63) is 98.9 Å². The van der Waals surface area contributed by atoms with Crippen LogP contribution in [0.3, 0.4) is 0 Å². The van der Waals surface area contributed by atoms with Gasteiger partial charge in [-0.25, -0.2) is 4.68 Å². The highest BCUT2D eigenvalue weighted by molar-refractivity contribution is 9.10. The normalized spacial score (nSPS) is 12.7. The van der Waals surface area contributed by atoms with Crippen LogP contribution in [-0.2, 0) is 0 Å². The second kappa shape index (κ2) is 7.56. The molecule has 3 nitrogen and oxygen atoms in total. The Morgan fingerprint density at radius 2 is 1.46 bits per heavy atom. The summed E-state index contributed by atoms with van der Waals surface area (Å²) in [6.45, 7) is 0. The molecular formula is C21H15Br2N3. The molecule has 0 aliphatic rings. The molecule has 4 aromatic rings. The Kier molecular flexibility index (Phi) is 5.00. The van der Waals surface area contributed by atoms with E-state index in [1.54, 1.807) is 0 Å². The van der Waals surface area contributed by atoms with Gasteiger partial charge >= 0.3 is 0 Å². The van der Waals surface area contributed by atoms with Gasteiger partial charge in [0.1, 0.15) is 5.52 Å². The van der Waals surface area contributed by atoms with Crippen molar-refractivity contribution in [1.29, 1.82) is 0 Å². The van der Waals surface area contributed by atoms with E-state index in [4.69, 9.17) is 0 Å². The van der Waals surface area contributed by atoms with Crippen LogP contribution in [0, 0.1) is 0 Å². The van der Waals surface area contributed by atoms with Gasteiger partial charge in [-0.2, -0.15) is 0 Å². The van der Waals surface area contributed by atoms with Crippen LogP contribution in [0.1, 0.15) is 17.2 Å². The van der Waals surface area contributed by atoms with Crippen LogP contribution in [0.15, 0.2) is 87.8 Å². The predicted molar refractivity (Wildman–Crippen MR) is 113 cm³/mol. The van der Waals surface area contributed by atoms with E-state index < -0.39 is 0 Å². The van der Waals surface area contributed by atoms with Crippen molar-refractivity contribution in [1.82, 2.24) is 15.0 Å². The molecule has 0 saturated carbocycles. The van der Waals surface area contributed by atoms with Crippen LogP contribution in [0.5, 0.6) is 0 Å². The summed E-state index contributed by atoms with van der Waals surface area (Å²) in [7, 11) is 0. The number of halogens is 2. The molecule has 128 valence electrons. The SMILES string of the molecule is Brc1ccc(/C=C/C(c2ccc(Br)cc2)n2nnc3ccccc32)cc1. The lowest BCUT2D eigenvalue weighted by atomic mass is 10.0. The molecule has 0 aliphatic heterocycles. The molecule has 0 bridgehead atoms. The highest BCUT2D eigenvalue weighted by Crippen LogP contribution is 2.26. The van der Waals surface area contributed by atoms with Crippen molar-refractivity contribution in [3.63, 3.8) is 0 Å². The van der Waals surface area contributed by atoms with Crippen molar-refractivity contribution in [2.75, 3.05) is 0 Å². The highest BCUT2D eigenvalue weighted by atomic mass is 79.9. The molecule has 0 fully saturated rings. The molecule has 3 aromatic carbocycles. The molecule has 4 rings (SSSR count). The standard InChI is InChI=1S/C21H15Br2N3/c22-17-10-5-15(6-11-17)7-14-20(16-8-12-18(23)13-9-16)26-21-4-2-1-3-19(21)24-25-26/h1-14,20H/b14-7+. The minimum atomic E-state index is -0.0425. The number of para-hydroxylation sites is 1. The van der Waals surface area contributed by atoms with E-state index in [9.17, 15) is 0 Å². The smallest absolute Gasteiger partial charge is 0.113 e. The van der Waals surface area contributed by atoms with E-state index in [0.717, 1.165) is 31.1 Å². The zero-order valence-corrected chi connectivity index (χ0v) is 16.9. The van der Waals surface area contributed by atoms with Gasteiger partial charge in [0.15, 0.2) is 0 Å². The summed E-state index contributed by atoms with van der Waals surface area (Å²) in [5.41, 5.74) is 4.20. The first-order valence-electron chi connectivity index (χ1n) is 8.20. The zero-order chi connectivity index (χ0) is 17.9. The third-order valence-electron chi connectivity index (χ3n) is 4.19. The molecular weight excluding hydrogens is 454 g/mol. The van der Waals surface area contributed by atoms with E-state index in [1.165, 1.54) is 0 Å². The van der Waals surface area contributed by atoms with Gasteiger partial charge in [-0.3, -0.25) is 0 Å². The van der Waals surface area contributed by atoms with Crippen molar-refractivity contribution in [3.8, 4) is 0 Å². The molecule has 1 aromatic heterocycles. The lowest BCUT2D eigenvalue weighted by Gasteiger charge is -2.15. The third kappa shape index (κ3) is 3.64. The van der Waals surface area contributed by atoms with Crippen LogP contribution in [0.2, 0.25) is 0 Å². The van der Waals surface area contributed by atoms with Crippen LogP contribution < -0.4 is 0 Å². The number of hydrogen-bond donors (Lipinski definition) is 0. The van der Waals surface area contributed by atoms with Crippen LogP contribution in [-0.4, -0.2) is 15.0 Å². The first-order valence-corrected chi connectivity index (χ1v) is 9.78. The van der Waals surface area contributed by atoms with E-state index in [-0.39, 0.29) is 6.04 Å². The first-order chi connectivity index (χ1) is 12.7. The first kappa shape index (κ1) is 17.2. The minimum Gasteiger partial charge on any atom is -0.233 e. The number of benzene rings is 3. The fourth-order valence-corrected chi connectivity index (χ4v) is 3.39. The van der Waals surface area contributed by atoms with Gasteiger partial charge < -0.3 is 0 Å². The summed E-state index contributed by atoms with van der Waals surface area (Å²) in [5, 5.41) is 8.73. The predicted octanol–water partition coefficient (Wildman–Crippen LogP) is 6.26. The second-order valence-electron chi connectivity index (χ2n) is 5.93. The summed E-state index contributed by atoms with van der Waals surface area (Å²) in [6.07, 6.45) is 4.28. The largest absolute Gasteiger partial charge is 0.233 e. The Bertz CT molecular complexity index is 1050. The van der Waals surface area contributed by atoms with Crippen molar-refractivity contribution in [2.24, 2.45) is 0 Å². The van der Waals surface area contributed by atoms with Gasteiger partial charge in [0.2, 0.25) is 0 Å². The summed E-state index contributed by atoms with van der Waals surface area (Å²) < 4.78 is 4.09. The fourth-order valence-electron chi connectivity index (χ4n) is 2.86. The van der Waals surface area contributed by atoms with Crippen LogP contribution in [0.4, 0.5) is 0 Å². The third-order valence-corrected chi connectivity index (χ3v) is 5.25. The number of allylic oxidation sites excluding steroid dienone is 1. The number of hydrogen-bond acceptors (Lipinski definition) is 2. The topological polar surface area (TPSA) is 30.7 Å². The van der Waals surface area contributed by atoms with Gasteiger partial charge in [-0.15, -0.1) is 5.10 Å². The maximum Gasteiger partial charge on any atom is 0.113 e. The molecule has 1 atom stereocenters. The Labute approximate surface area is 168 Å². The van der Waals surface area contributed by atoms with Crippen LogP contribution in [0.25, 0.3) is 17.1 Å². The molecule has 0 aliphatic carbocycles. The van der Waals surface area contributed by atoms with Gasteiger partial charge in [-0.05, 0) is 47.5 Å². The van der Waals surface area contributed by atoms with Crippen molar-refractivity contribution in [2.45, 2.75) is 6.04 Å². The quantitative estimate of drug-likeness (QED) is 0.354. The second-order valence-corrected chi connectivity index (χ2v) is 7.76. The Hall–Kier alpha value is -2.24. The number of nitrogens with zero attached hydrogens (tertiary/aromatic N) is 3.